The van der Waals surface area contributed by atoms with Crippen molar-refractivity contribution in [2.24, 2.45) is 5.73 Å². The molecule has 2 N–H and O–H groups in total. The van der Waals surface area contributed by atoms with Crippen LogP contribution in [0.1, 0.15) is 5.56 Å². The van der Waals surface area contributed by atoms with Gasteiger partial charge in [-0.15, -0.1) is 18.0 Å². The van der Waals surface area contributed by atoms with E-state index in [0.29, 0.717) is 6.54 Å². The first-order chi connectivity index (χ1) is 7.42. The van der Waals surface area contributed by atoms with Gasteiger partial charge in [0.05, 0.1) is 0 Å². The number of hydrogen-bond donors (Lipinski definition) is 1. The van der Waals surface area contributed by atoms with Gasteiger partial charge in [-0.1, -0.05) is 35.9 Å². The molecule has 94 valence electrons. The maximum absolute atomic E-state index is 5.59. The van der Waals surface area contributed by atoms with E-state index in [1.807, 2.05) is 18.2 Å². The Labute approximate surface area is 122 Å². The average Bonchev–Trinajstić information content (AvgIpc) is 2.31. The van der Waals surface area contributed by atoms with Crippen LogP contribution in [-0.4, -0.2) is 6.54 Å². The molecule has 0 amide bonds. The van der Waals surface area contributed by atoms with Crippen LogP contribution in [0.2, 0.25) is 0 Å². The summed E-state index contributed by atoms with van der Waals surface area (Å²) in [5, 5.41) is 0. The third kappa shape index (κ3) is 4.26. The predicted molar refractivity (Wildman–Crippen MR) is 70.7 cm³/mol. The molecule has 17 heavy (non-hydrogen) atoms. The van der Waals surface area contributed by atoms with Crippen LogP contribution in [0.25, 0.3) is 11.1 Å². The molecule has 0 aliphatic carbocycles. The maximum atomic E-state index is 5.59. The normalized spacial score (nSPS) is 9.00. The molecule has 2 aromatic carbocycles. The van der Waals surface area contributed by atoms with E-state index < -0.39 is 0 Å². The Kier molecular flexibility index (Phi) is 8.12. The van der Waals surface area contributed by atoms with Gasteiger partial charge in [0.15, 0.2) is 0 Å². The summed E-state index contributed by atoms with van der Waals surface area (Å²) in [5.41, 5.74) is 9.26. The third-order valence-corrected chi connectivity index (χ3v) is 2.42. The Morgan fingerprint density at radius 1 is 1.00 bits per heavy atom. The smallest absolute Gasteiger partial charge is 0 e. The molecule has 0 radical (unpaired) electrons. The van der Waals surface area contributed by atoms with Crippen LogP contribution < -0.4 is 5.73 Å². The fourth-order valence-electron chi connectivity index (χ4n) is 1.71. The van der Waals surface area contributed by atoms with Gasteiger partial charge in [0.1, 0.15) is 0 Å². The Morgan fingerprint density at radius 2 is 1.71 bits per heavy atom. The minimum atomic E-state index is 0. The second kappa shape index (κ2) is 8.44. The first-order valence-corrected chi connectivity index (χ1v) is 5.17. The van der Waals surface area contributed by atoms with Crippen molar-refractivity contribution in [3.63, 3.8) is 0 Å². The molecule has 0 fully saturated rings. The quantitative estimate of drug-likeness (QED) is 0.675. The molecular formula is C14H15ClNPd-. The van der Waals surface area contributed by atoms with E-state index in [-0.39, 0.29) is 32.8 Å². The van der Waals surface area contributed by atoms with E-state index in [2.05, 4.69) is 36.4 Å². The molecule has 0 aliphatic heterocycles. The first kappa shape index (κ1) is 16.4. The number of rotatable bonds is 3. The molecule has 0 saturated heterocycles. The van der Waals surface area contributed by atoms with Crippen LogP contribution in [-0.2, 0) is 26.8 Å². The van der Waals surface area contributed by atoms with Crippen LogP contribution in [0.5, 0.6) is 0 Å². The Morgan fingerprint density at radius 3 is 2.35 bits per heavy atom. The van der Waals surface area contributed by atoms with Gasteiger partial charge in [0.25, 0.3) is 0 Å². The molecule has 0 aromatic heterocycles. The fourth-order valence-corrected chi connectivity index (χ4v) is 1.71. The van der Waals surface area contributed by atoms with E-state index in [1.165, 1.54) is 16.7 Å². The standard InChI is InChI=1S/C14H14N.ClH.Pd/c15-11-10-13-8-4-5-9-14(13)12-6-2-1-3-7-12;;/h1-7,9H,10-11,15H2;1H;/q-1;;. The van der Waals surface area contributed by atoms with Gasteiger partial charge in [0, 0.05) is 20.4 Å². The van der Waals surface area contributed by atoms with Crippen molar-refractivity contribution in [2.45, 2.75) is 6.42 Å². The molecule has 0 bridgehead atoms. The number of hydrogen-bond acceptors (Lipinski definition) is 1. The van der Waals surface area contributed by atoms with Crippen LogP contribution in [0.4, 0.5) is 0 Å². The molecule has 2 aromatic rings. The zero-order valence-electron chi connectivity index (χ0n) is 9.33. The number of nitrogens with two attached hydrogens (primary N) is 1. The molecule has 0 atom stereocenters. The van der Waals surface area contributed by atoms with Crippen molar-refractivity contribution in [3.8, 4) is 11.1 Å². The van der Waals surface area contributed by atoms with E-state index >= 15 is 0 Å². The van der Waals surface area contributed by atoms with E-state index in [0.717, 1.165) is 6.42 Å². The maximum Gasteiger partial charge on any atom is 0 e. The topological polar surface area (TPSA) is 26.0 Å². The predicted octanol–water partition coefficient (Wildman–Crippen LogP) is 3.07. The average molecular weight is 339 g/mol. The van der Waals surface area contributed by atoms with Gasteiger partial charge in [-0.3, -0.25) is 0 Å². The minimum absolute atomic E-state index is 0. The second-order valence-corrected chi connectivity index (χ2v) is 3.47. The zero-order valence-corrected chi connectivity index (χ0v) is 11.7. The Balaban J connectivity index is 0.00000128. The second-order valence-electron chi connectivity index (χ2n) is 3.47. The summed E-state index contributed by atoms with van der Waals surface area (Å²) in [6.07, 6.45) is 0.880. The molecular weight excluding hydrogens is 324 g/mol. The first-order valence-electron chi connectivity index (χ1n) is 5.17. The van der Waals surface area contributed by atoms with Crippen LogP contribution >= 0.6 is 12.4 Å². The summed E-state index contributed by atoms with van der Waals surface area (Å²) < 4.78 is 0. The molecule has 0 heterocycles. The van der Waals surface area contributed by atoms with Crippen molar-refractivity contribution in [1.82, 2.24) is 0 Å². The third-order valence-electron chi connectivity index (χ3n) is 2.42. The summed E-state index contributed by atoms with van der Waals surface area (Å²) in [6, 6.07) is 19.7. The zero-order chi connectivity index (χ0) is 10.5. The summed E-state index contributed by atoms with van der Waals surface area (Å²) >= 11 is 0. The molecule has 2 rings (SSSR count). The van der Waals surface area contributed by atoms with Crippen LogP contribution in [0, 0.1) is 6.07 Å². The van der Waals surface area contributed by atoms with Gasteiger partial charge < -0.3 is 5.73 Å². The largest absolute Gasteiger partial charge is 0.330 e. The van der Waals surface area contributed by atoms with E-state index in [9.17, 15) is 0 Å². The van der Waals surface area contributed by atoms with Crippen molar-refractivity contribution in [2.75, 3.05) is 6.54 Å². The summed E-state index contributed by atoms with van der Waals surface area (Å²) in [4.78, 5) is 0. The Bertz CT molecular complexity index is 431. The SMILES string of the molecule is Cl.NCCc1[c-]cccc1-c1ccccc1.[Pd]. The monoisotopic (exact) mass is 338 g/mol. The van der Waals surface area contributed by atoms with E-state index in [1.54, 1.807) is 0 Å². The van der Waals surface area contributed by atoms with Crippen molar-refractivity contribution >= 4 is 12.4 Å². The number of halogens is 1. The molecule has 0 unspecified atom stereocenters. The van der Waals surface area contributed by atoms with E-state index in [4.69, 9.17) is 5.73 Å². The molecule has 1 nitrogen and oxygen atoms in total. The van der Waals surface area contributed by atoms with Gasteiger partial charge in [0.2, 0.25) is 0 Å². The molecule has 0 saturated carbocycles. The van der Waals surface area contributed by atoms with Crippen LogP contribution in [0.15, 0.2) is 48.5 Å². The van der Waals surface area contributed by atoms with Gasteiger partial charge >= 0.3 is 0 Å². The van der Waals surface area contributed by atoms with Gasteiger partial charge in [-0.25, -0.2) is 0 Å². The van der Waals surface area contributed by atoms with Crippen molar-refractivity contribution in [1.29, 1.82) is 0 Å². The van der Waals surface area contributed by atoms with Crippen molar-refractivity contribution < 1.29 is 20.4 Å². The van der Waals surface area contributed by atoms with Crippen LogP contribution in [0.3, 0.4) is 0 Å². The summed E-state index contributed by atoms with van der Waals surface area (Å²) in [5.74, 6) is 0. The minimum Gasteiger partial charge on any atom is -0.330 e. The molecule has 0 aliphatic rings. The van der Waals surface area contributed by atoms with Gasteiger partial charge in [-0.05, 0) is 13.0 Å². The molecule has 3 heteroatoms. The van der Waals surface area contributed by atoms with Crippen molar-refractivity contribution in [3.05, 3.63) is 60.2 Å². The molecule has 0 spiro atoms. The fraction of sp³-hybridized carbons (Fsp3) is 0.143. The number of benzene rings is 2. The van der Waals surface area contributed by atoms with Gasteiger partial charge in [-0.2, -0.15) is 29.8 Å². The summed E-state index contributed by atoms with van der Waals surface area (Å²) in [6.45, 7) is 0.667. The Hall–Kier alpha value is -0.648. The summed E-state index contributed by atoms with van der Waals surface area (Å²) in [7, 11) is 0.